The maximum Gasteiger partial charge on any atom is 0.326 e. The van der Waals surface area contributed by atoms with Crippen molar-refractivity contribution in [2.24, 2.45) is 0 Å². The largest absolute Gasteiger partial charge is 0.480 e. The van der Waals surface area contributed by atoms with Crippen LogP contribution in [0.5, 0.6) is 0 Å². The summed E-state index contributed by atoms with van der Waals surface area (Å²) in [4.78, 5) is 22.7. The van der Waals surface area contributed by atoms with Crippen molar-refractivity contribution < 1.29 is 14.7 Å². The maximum atomic E-state index is 11.7. The number of aliphatic carboxylic acids is 1. The van der Waals surface area contributed by atoms with Crippen molar-refractivity contribution in [2.45, 2.75) is 38.6 Å². The Bertz CT molecular complexity index is 389. The van der Waals surface area contributed by atoms with Crippen LogP contribution in [0.3, 0.4) is 0 Å². The fourth-order valence-electron chi connectivity index (χ4n) is 1.69. The van der Waals surface area contributed by atoms with Crippen molar-refractivity contribution in [2.75, 3.05) is 0 Å². The lowest BCUT2D eigenvalue weighted by Gasteiger charge is -2.14. The summed E-state index contributed by atoms with van der Waals surface area (Å²) in [6, 6.07) is 8.51. The van der Waals surface area contributed by atoms with Crippen molar-refractivity contribution in [1.29, 1.82) is 0 Å². The van der Waals surface area contributed by atoms with E-state index in [2.05, 4.69) is 5.32 Å². The Kier molecular flexibility index (Phi) is 5.91. The average Bonchev–Trinajstić information content (AvgIpc) is 2.35. The fraction of sp³-hybridized carbons (Fsp3) is 0.429. The first-order valence-electron chi connectivity index (χ1n) is 6.19. The lowest BCUT2D eigenvalue weighted by atomic mass is 10.1. The molecule has 0 radical (unpaired) electrons. The summed E-state index contributed by atoms with van der Waals surface area (Å²) in [5.74, 6) is -1.21. The molecular formula is C14H19NO3. The number of nitrogens with one attached hydrogen (secondary N) is 1. The number of benzene rings is 1. The first-order valence-corrected chi connectivity index (χ1v) is 6.19. The molecule has 1 atom stereocenters. The van der Waals surface area contributed by atoms with Gasteiger partial charge in [-0.15, -0.1) is 0 Å². The van der Waals surface area contributed by atoms with Crippen molar-refractivity contribution in [1.82, 2.24) is 5.32 Å². The highest BCUT2D eigenvalue weighted by molar-refractivity contribution is 5.84. The predicted molar refractivity (Wildman–Crippen MR) is 69.2 cm³/mol. The van der Waals surface area contributed by atoms with Crippen LogP contribution in [0.1, 0.15) is 31.7 Å². The summed E-state index contributed by atoms with van der Waals surface area (Å²) < 4.78 is 0. The quantitative estimate of drug-likeness (QED) is 0.776. The maximum absolute atomic E-state index is 11.7. The lowest BCUT2D eigenvalue weighted by molar-refractivity contribution is -0.142. The monoisotopic (exact) mass is 249 g/mol. The standard InChI is InChI=1S/C14H19NO3/c1-2-3-9-12(14(17)18)15-13(16)10-11-7-5-4-6-8-11/h4-8,12H,2-3,9-10H2,1H3,(H,15,16)(H,17,18)/t12-/m0/s1. The molecule has 0 aliphatic rings. The van der Waals surface area contributed by atoms with E-state index < -0.39 is 12.0 Å². The molecule has 0 aromatic heterocycles. The number of carbonyl (C=O) groups is 2. The van der Waals surface area contributed by atoms with E-state index in [0.717, 1.165) is 18.4 Å². The minimum Gasteiger partial charge on any atom is -0.480 e. The van der Waals surface area contributed by atoms with Gasteiger partial charge < -0.3 is 10.4 Å². The highest BCUT2D eigenvalue weighted by Crippen LogP contribution is 2.03. The Labute approximate surface area is 107 Å². The minimum absolute atomic E-state index is 0.219. The average molecular weight is 249 g/mol. The number of carbonyl (C=O) groups excluding carboxylic acids is 1. The van der Waals surface area contributed by atoms with Gasteiger partial charge in [0.1, 0.15) is 6.04 Å². The van der Waals surface area contributed by atoms with Gasteiger partial charge in [-0.1, -0.05) is 50.1 Å². The Morgan fingerprint density at radius 2 is 1.94 bits per heavy atom. The topological polar surface area (TPSA) is 66.4 Å². The molecule has 0 unspecified atom stereocenters. The zero-order valence-electron chi connectivity index (χ0n) is 10.6. The van der Waals surface area contributed by atoms with Crippen molar-refractivity contribution in [3.05, 3.63) is 35.9 Å². The van der Waals surface area contributed by atoms with Gasteiger partial charge in [-0.25, -0.2) is 4.79 Å². The number of carboxylic acids is 1. The minimum atomic E-state index is -0.968. The van der Waals surface area contributed by atoms with Crippen LogP contribution in [-0.2, 0) is 16.0 Å². The molecule has 0 saturated heterocycles. The van der Waals surface area contributed by atoms with Gasteiger partial charge in [0.2, 0.25) is 5.91 Å². The van der Waals surface area contributed by atoms with Gasteiger partial charge in [0.25, 0.3) is 0 Å². The van der Waals surface area contributed by atoms with Gasteiger partial charge in [0.15, 0.2) is 0 Å². The van der Waals surface area contributed by atoms with Gasteiger partial charge in [-0.05, 0) is 12.0 Å². The van der Waals surface area contributed by atoms with Crippen LogP contribution in [0.15, 0.2) is 30.3 Å². The second-order valence-corrected chi connectivity index (χ2v) is 4.26. The normalized spacial score (nSPS) is 11.8. The van der Waals surface area contributed by atoms with E-state index in [4.69, 9.17) is 5.11 Å². The van der Waals surface area contributed by atoms with E-state index in [9.17, 15) is 9.59 Å². The second-order valence-electron chi connectivity index (χ2n) is 4.26. The molecule has 1 amide bonds. The molecule has 0 bridgehead atoms. The van der Waals surface area contributed by atoms with Crippen LogP contribution < -0.4 is 5.32 Å². The molecule has 0 saturated carbocycles. The molecule has 98 valence electrons. The van der Waals surface area contributed by atoms with E-state index in [1.807, 2.05) is 37.3 Å². The second kappa shape index (κ2) is 7.48. The highest BCUT2D eigenvalue weighted by Gasteiger charge is 2.18. The van der Waals surface area contributed by atoms with Gasteiger partial charge in [0, 0.05) is 0 Å². The molecule has 2 N–H and O–H groups in total. The highest BCUT2D eigenvalue weighted by atomic mass is 16.4. The fourth-order valence-corrected chi connectivity index (χ4v) is 1.69. The Morgan fingerprint density at radius 3 is 2.50 bits per heavy atom. The number of rotatable bonds is 7. The Balaban J connectivity index is 2.48. The van der Waals surface area contributed by atoms with E-state index in [0.29, 0.717) is 6.42 Å². The predicted octanol–water partition coefficient (Wildman–Crippen LogP) is 1.99. The molecule has 0 heterocycles. The summed E-state index contributed by atoms with van der Waals surface area (Å²) in [6.07, 6.45) is 2.41. The summed E-state index contributed by atoms with van der Waals surface area (Å²) in [6.45, 7) is 1.99. The molecule has 0 fully saturated rings. The van der Waals surface area contributed by atoms with E-state index in [-0.39, 0.29) is 12.3 Å². The smallest absolute Gasteiger partial charge is 0.326 e. The van der Waals surface area contributed by atoms with Crippen LogP contribution in [0.2, 0.25) is 0 Å². The van der Waals surface area contributed by atoms with E-state index in [1.165, 1.54) is 0 Å². The first-order chi connectivity index (χ1) is 8.63. The van der Waals surface area contributed by atoms with Gasteiger partial charge in [0.05, 0.1) is 6.42 Å². The molecule has 1 rings (SSSR count). The molecule has 0 spiro atoms. The third-order valence-corrected chi connectivity index (χ3v) is 2.69. The lowest BCUT2D eigenvalue weighted by Crippen LogP contribution is -2.41. The summed E-state index contributed by atoms with van der Waals surface area (Å²) >= 11 is 0. The molecule has 4 heteroatoms. The van der Waals surface area contributed by atoms with Crippen LogP contribution in [-0.4, -0.2) is 23.0 Å². The number of amides is 1. The van der Waals surface area contributed by atoms with Crippen LogP contribution in [0, 0.1) is 0 Å². The molecule has 0 aliphatic carbocycles. The van der Waals surface area contributed by atoms with Gasteiger partial charge >= 0.3 is 5.97 Å². The Morgan fingerprint density at radius 1 is 1.28 bits per heavy atom. The number of carboxylic acid groups (broad SMARTS) is 1. The van der Waals surface area contributed by atoms with Crippen molar-refractivity contribution in [3.63, 3.8) is 0 Å². The van der Waals surface area contributed by atoms with E-state index in [1.54, 1.807) is 0 Å². The van der Waals surface area contributed by atoms with Crippen molar-refractivity contribution in [3.8, 4) is 0 Å². The van der Waals surface area contributed by atoms with Gasteiger partial charge in [-0.2, -0.15) is 0 Å². The molecule has 1 aromatic rings. The van der Waals surface area contributed by atoms with Crippen LogP contribution in [0.4, 0.5) is 0 Å². The van der Waals surface area contributed by atoms with Gasteiger partial charge in [-0.3, -0.25) is 4.79 Å². The van der Waals surface area contributed by atoms with E-state index >= 15 is 0 Å². The zero-order chi connectivity index (χ0) is 13.4. The summed E-state index contributed by atoms with van der Waals surface area (Å²) in [5.41, 5.74) is 0.884. The number of hydrogen-bond donors (Lipinski definition) is 2. The molecule has 4 nitrogen and oxygen atoms in total. The van der Waals surface area contributed by atoms with Crippen molar-refractivity contribution >= 4 is 11.9 Å². The first kappa shape index (κ1) is 14.2. The van der Waals surface area contributed by atoms with Crippen LogP contribution >= 0.6 is 0 Å². The third kappa shape index (κ3) is 4.99. The number of hydrogen-bond acceptors (Lipinski definition) is 2. The number of unbranched alkanes of at least 4 members (excludes halogenated alkanes) is 1. The molecular weight excluding hydrogens is 230 g/mol. The molecule has 18 heavy (non-hydrogen) atoms. The van der Waals surface area contributed by atoms with Crippen LogP contribution in [0.25, 0.3) is 0 Å². The summed E-state index contributed by atoms with van der Waals surface area (Å²) in [7, 11) is 0. The molecule has 0 aliphatic heterocycles. The third-order valence-electron chi connectivity index (χ3n) is 2.69. The molecule has 1 aromatic carbocycles. The Hall–Kier alpha value is -1.84. The zero-order valence-corrected chi connectivity index (χ0v) is 10.6. The summed E-state index contributed by atoms with van der Waals surface area (Å²) in [5, 5.41) is 11.6. The SMILES string of the molecule is CCCC[C@H](NC(=O)Cc1ccccc1)C(=O)O.